The summed E-state index contributed by atoms with van der Waals surface area (Å²) in [4.78, 5) is 6.69. The predicted molar refractivity (Wildman–Crippen MR) is 71.9 cm³/mol. The van der Waals surface area contributed by atoms with Crippen molar-refractivity contribution in [1.82, 2.24) is 19.9 Å². The molecule has 0 spiro atoms. The molecule has 0 bridgehead atoms. The second kappa shape index (κ2) is 4.94. The van der Waals surface area contributed by atoms with Crippen LogP contribution in [0.5, 0.6) is 0 Å². The van der Waals surface area contributed by atoms with Gasteiger partial charge in [-0.1, -0.05) is 6.07 Å². The van der Waals surface area contributed by atoms with Crippen molar-refractivity contribution < 1.29 is 0 Å². The van der Waals surface area contributed by atoms with E-state index in [0.29, 0.717) is 5.92 Å². The molecule has 3 rings (SSSR count). The predicted octanol–water partition coefficient (Wildman–Crippen LogP) is 1.17. The van der Waals surface area contributed by atoms with E-state index in [-0.39, 0.29) is 0 Å². The molecular weight excluding hydrogens is 226 g/mol. The van der Waals surface area contributed by atoms with Crippen molar-refractivity contribution in [3.8, 4) is 0 Å². The molecule has 1 N–H and O–H groups in total. The Labute approximate surface area is 107 Å². The van der Waals surface area contributed by atoms with Gasteiger partial charge in [0.25, 0.3) is 0 Å². The molecule has 1 aliphatic heterocycles. The highest BCUT2D eigenvalue weighted by atomic mass is 15.4. The zero-order chi connectivity index (χ0) is 12.4. The van der Waals surface area contributed by atoms with Crippen LogP contribution in [0.4, 0.5) is 5.95 Å². The van der Waals surface area contributed by atoms with Crippen molar-refractivity contribution in [3.05, 3.63) is 24.4 Å². The highest BCUT2D eigenvalue weighted by molar-refractivity contribution is 5.43. The summed E-state index contributed by atoms with van der Waals surface area (Å²) >= 11 is 0. The molecular formula is C13H19N5. The molecule has 5 heteroatoms. The lowest BCUT2D eigenvalue weighted by molar-refractivity contribution is 0.380. The first-order chi connectivity index (χ1) is 8.83. The van der Waals surface area contributed by atoms with E-state index in [4.69, 9.17) is 0 Å². The van der Waals surface area contributed by atoms with Crippen LogP contribution >= 0.6 is 0 Å². The molecule has 1 atom stereocenters. The first-order valence-corrected chi connectivity index (χ1v) is 6.56. The molecule has 0 saturated carbocycles. The van der Waals surface area contributed by atoms with Gasteiger partial charge < -0.3 is 10.2 Å². The summed E-state index contributed by atoms with van der Waals surface area (Å²) in [6.45, 7) is 3.29. The molecule has 1 unspecified atom stereocenters. The van der Waals surface area contributed by atoms with E-state index in [2.05, 4.69) is 27.3 Å². The molecule has 1 fully saturated rings. The second-order valence-corrected chi connectivity index (χ2v) is 5.01. The number of fused-ring (bicyclic) bond motifs is 1. The van der Waals surface area contributed by atoms with E-state index in [0.717, 1.165) is 31.2 Å². The normalized spacial score (nSPS) is 20.2. The van der Waals surface area contributed by atoms with Gasteiger partial charge in [0.05, 0.1) is 0 Å². The minimum Gasteiger partial charge on any atom is -0.342 e. The monoisotopic (exact) mass is 245 g/mol. The Morgan fingerprint density at radius 3 is 3.22 bits per heavy atom. The average Bonchev–Trinajstić information content (AvgIpc) is 2.84. The van der Waals surface area contributed by atoms with E-state index >= 15 is 0 Å². The van der Waals surface area contributed by atoms with Crippen LogP contribution in [0.3, 0.4) is 0 Å². The Hall–Kier alpha value is -1.62. The zero-order valence-corrected chi connectivity index (χ0v) is 10.7. The van der Waals surface area contributed by atoms with E-state index in [1.807, 2.05) is 28.9 Å². The number of nitrogens with zero attached hydrogens (tertiary/aromatic N) is 4. The van der Waals surface area contributed by atoms with Crippen molar-refractivity contribution in [2.24, 2.45) is 5.92 Å². The lowest BCUT2D eigenvalue weighted by Gasteiger charge is -2.26. The van der Waals surface area contributed by atoms with E-state index in [1.54, 1.807) is 0 Å². The quantitative estimate of drug-likeness (QED) is 0.881. The van der Waals surface area contributed by atoms with Crippen molar-refractivity contribution in [2.75, 3.05) is 31.6 Å². The van der Waals surface area contributed by atoms with Crippen molar-refractivity contribution >= 4 is 11.6 Å². The summed E-state index contributed by atoms with van der Waals surface area (Å²) in [6, 6.07) is 5.93. The third kappa shape index (κ3) is 2.31. The number of piperidine rings is 1. The summed E-state index contributed by atoms with van der Waals surface area (Å²) in [7, 11) is 2.07. The minimum absolute atomic E-state index is 0.704. The Balaban J connectivity index is 1.72. The summed E-state index contributed by atoms with van der Waals surface area (Å²) in [5.74, 6) is 1.52. The molecule has 0 aliphatic carbocycles. The average molecular weight is 245 g/mol. The first kappa shape index (κ1) is 11.5. The van der Waals surface area contributed by atoms with Gasteiger partial charge in [0, 0.05) is 19.8 Å². The van der Waals surface area contributed by atoms with Crippen molar-refractivity contribution in [3.63, 3.8) is 0 Å². The smallest absolute Gasteiger partial charge is 0.245 e. The maximum atomic E-state index is 4.54. The molecule has 2 aromatic rings. The highest BCUT2D eigenvalue weighted by Crippen LogP contribution is 2.15. The molecule has 0 radical (unpaired) electrons. The van der Waals surface area contributed by atoms with Gasteiger partial charge in [-0.05, 0) is 44.0 Å². The zero-order valence-electron chi connectivity index (χ0n) is 10.7. The summed E-state index contributed by atoms with van der Waals surface area (Å²) in [6.07, 6.45) is 4.50. The van der Waals surface area contributed by atoms with Crippen LogP contribution < -0.4 is 10.2 Å². The molecule has 96 valence electrons. The molecule has 3 heterocycles. The highest BCUT2D eigenvalue weighted by Gasteiger charge is 2.17. The molecule has 0 aromatic carbocycles. The first-order valence-electron chi connectivity index (χ1n) is 6.56. The number of aromatic nitrogens is 3. The maximum absolute atomic E-state index is 4.54. The fourth-order valence-electron chi connectivity index (χ4n) is 2.53. The topological polar surface area (TPSA) is 45.5 Å². The van der Waals surface area contributed by atoms with Crippen LogP contribution in [0.25, 0.3) is 5.65 Å². The fourth-order valence-corrected chi connectivity index (χ4v) is 2.53. The number of anilines is 1. The van der Waals surface area contributed by atoms with Gasteiger partial charge >= 0.3 is 0 Å². The van der Waals surface area contributed by atoms with Crippen molar-refractivity contribution in [2.45, 2.75) is 12.8 Å². The van der Waals surface area contributed by atoms with Gasteiger partial charge in [-0.2, -0.15) is 4.98 Å². The van der Waals surface area contributed by atoms with Crippen LogP contribution in [0.1, 0.15) is 12.8 Å². The van der Waals surface area contributed by atoms with Crippen LogP contribution in [0, 0.1) is 5.92 Å². The number of hydrogen-bond acceptors (Lipinski definition) is 4. The third-order valence-corrected chi connectivity index (χ3v) is 3.50. The van der Waals surface area contributed by atoms with Crippen LogP contribution in [-0.2, 0) is 0 Å². The lowest BCUT2D eigenvalue weighted by Crippen LogP contribution is -2.37. The molecule has 18 heavy (non-hydrogen) atoms. The number of nitrogens with one attached hydrogen (secondary N) is 1. The van der Waals surface area contributed by atoms with Gasteiger partial charge in [-0.15, -0.1) is 5.10 Å². The van der Waals surface area contributed by atoms with Crippen LogP contribution in [0.2, 0.25) is 0 Å². The molecule has 5 nitrogen and oxygen atoms in total. The standard InChI is InChI=1S/C13H19N5/c1-17(10-11-5-4-7-14-9-11)13-15-12-6-2-3-8-18(12)16-13/h2-3,6,8,11,14H,4-5,7,9-10H2,1H3. The van der Waals surface area contributed by atoms with Crippen LogP contribution in [0.15, 0.2) is 24.4 Å². The fraction of sp³-hybridized carbons (Fsp3) is 0.538. The minimum atomic E-state index is 0.704. The molecule has 1 saturated heterocycles. The molecule has 0 amide bonds. The van der Waals surface area contributed by atoms with Crippen molar-refractivity contribution in [1.29, 1.82) is 0 Å². The SMILES string of the molecule is CN(CC1CCCNC1)c1nc2ccccn2n1. The van der Waals surface area contributed by atoms with Crippen LogP contribution in [-0.4, -0.2) is 41.3 Å². The summed E-state index contributed by atoms with van der Waals surface area (Å²) < 4.78 is 1.82. The largest absolute Gasteiger partial charge is 0.342 e. The molecule has 1 aliphatic rings. The molecule has 2 aromatic heterocycles. The van der Waals surface area contributed by atoms with E-state index in [9.17, 15) is 0 Å². The number of rotatable bonds is 3. The van der Waals surface area contributed by atoms with Gasteiger partial charge in [-0.3, -0.25) is 0 Å². The third-order valence-electron chi connectivity index (χ3n) is 3.50. The number of hydrogen-bond donors (Lipinski definition) is 1. The Morgan fingerprint density at radius 1 is 1.50 bits per heavy atom. The Kier molecular flexibility index (Phi) is 3.15. The second-order valence-electron chi connectivity index (χ2n) is 5.01. The van der Waals surface area contributed by atoms with E-state index in [1.165, 1.54) is 12.8 Å². The summed E-state index contributed by atoms with van der Waals surface area (Å²) in [5, 5.41) is 7.93. The van der Waals surface area contributed by atoms with Gasteiger partial charge in [0.1, 0.15) is 0 Å². The van der Waals surface area contributed by atoms with Gasteiger partial charge in [0.15, 0.2) is 5.65 Å². The lowest BCUT2D eigenvalue weighted by atomic mass is 9.99. The Bertz CT molecular complexity index is 482. The van der Waals surface area contributed by atoms with Gasteiger partial charge in [0.2, 0.25) is 5.95 Å². The van der Waals surface area contributed by atoms with Gasteiger partial charge in [-0.25, -0.2) is 4.52 Å². The van der Waals surface area contributed by atoms with E-state index < -0.39 is 0 Å². The number of pyridine rings is 1. The Morgan fingerprint density at radius 2 is 2.44 bits per heavy atom. The maximum Gasteiger partial charge on any atom is 0.245 e. The summed E-state index contributed by atoms with van der Waals surface area (Å²) in [5.41, 5.74) is 0.904.